The minimum atomic E-state index is 0.454. The fraction of sp³-hybridized carbons (Fsp3) is 0.167. The lowest BCUT2D eigenvalue weighted by atomic mass is 10.2. The summed E-state index contributed by atoms with van der Waals surface area (Å²) in [6.45, 7) is 1.95. The van der Waals surface area contributed by atoms with E-state index in [0.29, 0.717) is 21.3 Å². The highest BCUT2D eigenvalue weighted by molar-refractivity contribution is 9.10. The molecule has 94 valence electrons. The quantitative estimate of drug-likeness (QED) is 0.926. The van der Waals surface area contributed by atoms with Crippen molar-refractivity contribution in [2.24, 2.45) is 0 Å². The maximum atomic E-state index is 6.05. The van der Waals surface area contributed by atoms with Crippen LogP contribution in [-0.4, -0.2) is 17.1 Å². The molecular weight excluding hydrogens is 318 g/mol. The standard InChI is InChI=1S/C12H11BrClN3O/c1-7-3-4-8(5-10(7)14)16-12-15-6-9(13)11(17-12)18-2/h3-6H,1-2H3,(H,15,16,17). The zero-order chi connectivity index (χ0) is 13.1. The zero-order valence-electron chi connectivity index (χ0n) is 9.87. The molecule has 0 atom stereocenters. The Balaban J connectivity index is 2.25. The molecule has 0 saturated carbocycles. The molecule has 6 heteroatoms. The van der Waals surface area contributed by atoms with Gasteiger partial charge in [0, 0.05) is 10.7 Å². The highest BCUT2D eigenvalue weighted by Crippen LogP contribution is 2.25. The Morgan fingerprint density at radius 2 is 2.17 bits per heavy atom. The first-order valence-electron chi connectivity index (χ1n) is 5.20. The van der Waals surface area contributed by atoms with Crippen LogP contribution in [0.4, 0.5) is 11.6 Å². The van der Waals surface area contributed by atoms with E-state index < -0.39 is 0 Å². The lowest BCUT2D eigenvalue weighted by molar-refractivity contribution is 0.394. The van der Waals surface area contributed by atoms with Gasteiger partial charge in [-0.3, -0.25) is 0 Å². The average molecular weight is 329 g/mol. The first-order valence-corrected chi connectivity index (χ1v) is 6.37. The van der Waals surface area contributed by atoms with Crippen molar-refractivity contribution in [3.63, 3.8) is 0 Å². The number of nitrogens with zero attached hydrogens (tertiary/aromatic N) is 2. The molecule has 0 amide bonds. The summed E-state index contributed by atoms with van der Waals surface area (Å²) in [5, 5.41) is 3.76. The van der Waals surface area contributed by atoms with Crippen molar-refractivity contribution in [3.8, 4) is 5.88 Å². The van der Waals surface area contributed by atoms with Crippen LogP contribution < -0.4 is 10.1 Å². The second-order valence-electron chi connectivity index (χ2n) is 3.64. The van der Waals surface area contributed by atoms with Crippen molar-refractivity contribution in [1.82, 2.24) is 9.97 Å². The van der Waals surface area contributed by atoms with Crippen LogP contribution in [0.2, 0.25) is 5.02 Å². The molecule has 0 saturated heterocycles. The van der Waals surface area contributed by atoms with E-state index in [1.54, 1.807) is 13.3 Å². The first-order chi connectivity index (χ1) is 8.60. The number of anilines is 2. The predicted molar refractivity (Wildman–Crippen MR) is 75.8 cm³/mol. The number of halogens is 2. The number of aryl methyl sites for hydroxylation is 1. The summed E-state index contributed by atoms with van der Waals surface area (Å²) in [6, 6.07) is 5.68. The molecule has 0 aliphatic rings. The van der Waals surface area contributed by atoms with Gasteiger partial charge < -0.3 is 10.1 Å². The van der Waals surface area contributed by atoms with Gasteiger partial charge >= 0.3 is 0 Å². The van der Waals surface area contributed by atoms with Gasteiger partial charge in [-0.25, -0.2) is 4.98 Å². The van der Waals surface area contributed by atoms with Gasteiger partial charge in [0.2, 0.25) is 11.8 Å². The van der Waals surface area contributed by atoms with Gasteiger partial charge in [0.15, 0.2) is 0 Å². The third-order valence-electron chi connectivity index (χ3n) is 2.33. The zero-order valence-corrected chi connectivity index (χ0v) is 12.2. The van der Waals surface area contributed by atoms with Gasteiger partial charge in [0.1, 0.15) is 0 Å². The minimum absolute atomic E-state index is 0.454. The normalized spacial score (nSPS) is 10.2. The third-order valence-corrected chi connectivity index (χ3v) is 3.28. The van der Waals surface area contributed by atoms with E-state index in [9.17, 15) is 0 Å². The average Bonchev–Trinajstić information content (AvgIpc) is 2.36. The smallest absolute Gasteiger partial charge is 0.232 e. The molecule has 1 aromatic carbocycles. The van der Waals surface area contributed by atoms with E-state index in [2.05, 4.69) is 31.2 Å². The molecule has 0 aliphatic carbocycles. The number of hydrogen-bond acceptors (Lipinski definition) is 4. The van der Waals surface area contributed by atoms with Crippen molar-refractivity contribution in [2.75, 3.05) is 12.4 Å². The van der Waals surface area contributed by atoms with Crippen molar-refractivity contribution in [1.29, 1.82) is 0 Å². The van der Waals surface area contributed by atoms with Crippen LogP contribution in [0.15, 0.2) is 28.9 Å². The lowest BCUT2D eigenvalue weighted by Gasteiger charge is -2.08. The molecule has 4 nitrogen and oxygen atoms in total. The van der Waals surface area contributed by atoms with Gasteiger partial charge in [-0.15, -0.1) is 0 Å². The molecule has 0 aliphatic heterocycles. The molecule has 0 fully saturated rings. The largest absolute Gasteiger partial charge is 0.480 e. The van der Waals surface area contributed by atoms with Gasteiger partial charge in [-0.05, 0) is 40.5 Å². The van der Waals surface area contributed by atoms with Crippen LogP contribution >= 0.6 is 27.5 Å². The summed E-state index contributed by atoms with van der Waals surface area (Å²) >= 11 is 9.35. The molecule has 18 heavy (non-hydrogen) atoms. The van der Waals surface area contributed by atoms with Gasteiger partial charge in [0.25, 0.3) is 0 Å². The van der Waals surface area contributed by atoms with Crippen LogP contribution in [0.5, 0.6) is 5.88 Å². The molecule has 2 rings (SSSR count). The van der Waals surface area contributed by atoms with Crippen LogP contribution in [0.3, 0.4) is 0 Å². The summed E-state index contributed by atoms with van der Waals surface area (Å²) in [4.78, 5) is 8.35. The lowest BCUT2D eigenvalue weighted by Crippen LogP contribution is -1.99. The summed E-state index contributed by atoms with van der Waals surface area (Å²) in [5.41, 5.74) is 1.85. The maximum absolute atomic E-state index is 6.05. The Morgan fingerprint density at radius 3 is 2.83 bits per heavy atom. The van der Waals surface area contributed by atoms with E-state index in [4.69, 9.17) is 16.3 Å². The molecule has 0 unspecified atom stereocenters. The van der Waals surface area contributed by atoms with Crippen LogP contribution in [0.25, 0.3) is 0 Å². The fourth-order valence-electron chi connectivity index (χ4n) is 1.35. The molecule has 1 aromatic heterocycles. The number of methoxy groups -OCH3 is 1. The molecular formula is C12H11BrClN3O. The number of hydrogen-bond donors (Lipinski definition) is 1. The highest BCUT2D eigenvalue weighted by atomic mass is 79.9. The summed E-state index contributed by atoms with van der Waals surface area (Å²) in [7, 11) is 1.56. The van der Waals surface area contributed by atoms with Gasteiger partial charge in [-0.1, -0.05) is 17.7 Å². The topological polar surface area (TPSA) is 47.0 Å². The van der Waals surface area contributed by atoms with E-state index in [0.717, 1.165) is 11.3 Å². The second-order valence-corrected chi connectivity index (χ2v) is 4.90. The summed E-state index contributed by atoms with van der Waals surface area (Å²) in [6.07, 6.45) is 1.63. The highest BCUT2D eigenvalue weighted by Gasteiger charge is 2.06. The number of nitrogens with one attached hydrogen (secondary N) is 1. The first kappa shape index (κ1) is 13.1. The molecule has 0 spiro atoms. The fourth-order valence-corrected chi connectivity index (χ4v) is 1.89. The summed E-state index contributed by atoms with van der Waals surface area (Å²) < 4.78 is 5.81. The van der Waals surface area contributed by atoms with Crippen molar-refractivity contribution in [2.45, 2.75) is 6.92 Å². The number of benzene rings is 1. The third kappa shape index (κ3) is 2.91. The monoisotopic (exact) mass is 327 g/mol. The maximum Gasteiger partial charge on any atom is 0.232 e. The predicted octanol–water partition coefficient (Wildman–Crippen LogP) is 3.95. The van der Waals surface area contributed by atoms with E-state index >= 15 is 0 Å². The number of ether oxygens (including phenoxy) is 1. The van der Waals surface area contributed by atoms with Crippen molar-refractivity contribution in [3.05, 3.63) is 39.5 Å². The van der Waals surface area contributed by atoms with Gasteiger partial charge in [0.05, 0.1) is 17.8 Å². The Bertz CT molecular complexity index is 577. The van der Waals surface area contributed by atoms with Crippen molar-refractivity contribution >= 4 is 39.2 Å². The molecule has 0 bridgehead atoms. The SMILES string of the molecule is COc1nc(Nc2ccc(C)c(Cl)c2)ncc1Br. The van der Waals surface area contributed by atoms with Gasteiger partial charge in [-0.2, -0.15) is 4.98 Å². The number of rotatable bonds is 3. The molecule has 2 aromatic rings. The Labute approximate surface area is 118 Å². The molecule has 1 N–H and O–H groups in total. The Kier molecular flexibility index (Phi) is 4.04. The van der Waals surface area contributed by atoms with Crippen molar-refractivity contribution < 1.29 is 4.74 Å². The minimum Gasteiger partial charge on any atom is -0.480 e. The Morgan fingerprint density at radius 1 is 1.39 bits per heavy atom. The Hall–Kier alpha value is -1.33. The number of aromatic nitrogens is 2. The van der Waals surface area contributed by atoms with E-state index in [1.165, 1.54) is 0 Å². The molecule has 1 heterocycles. The second kappa shape index (κ2) is 5.54. The summed E-state index contributed by atoms with van der Waals surface area (Å²) in [5.74, 6) is 0.931. The van der Waals surface area contributed by atoms with E-state index in [-0.39, 0.29) is 0 Å². The van der Waals surface area contributed by atoms with Crippen LogP contribution in [0, 0.1) is 6.92 Å². The van der Waals surface area contributed by atoms with Crippen LogP contribution in [-0.2, 0) is 0 Å². The van der Waals surface area contributed by atoms with E-state index in [1.807, 2.05) is 25.1 Å². The molecule has 0 radical (unpaired) electrons. The van der Waals surface area contributed by atoms with Crippen LogP contribution in [0.1, 0.15) is 5.56 Å².